The van der Waals surface area contributed by atoms with Crippen LogP contribution in [0.3, 0.4) is 0 Å². The van der Waals surface area contributed by atoms with E-state index in [2.05, 4.69) is 0 Å². The van der Waals surface area contributed by atoms with Crippen molar-refractivity contribution in [1.29, 1.82) is 0 Å². The molecular formula is C25H23NO5. The van der Waals surface area contributed by atoms with Crippen molar-refractivity contribution in [2.24, 2.45) is 0 Å². The van der Waals surface area contributed by atoms with Crippen LogP contribution < -0.4 is 9.47 Å². The largest absolute Gasteiger partial charge is 0.504 e. The van der Waals surface area contributed by atoms with Gasteiger partial charge in [-0.2, -0.15) is 0 Å². The van der Waals surface area contributed by atoms with E-state index in [0.717, 1.165) is 22.3 Å². The van der Waals surface area contributed by atoms with Gasteiger partial charge in [-0.3, -0.25) is 4.79 Å². The zero-order chi connectivity index (χ0) is 21.7. The van der Waals surface area contributed by atoms with Gasteiger partial charge < -0.3 is 24.6 Å². The fraction of sp³-hybridized carbons (Fsp3) is 0.240. The average molecular weight is 417 g/mol. The molecule has 1 aliphatic carbocycles. The Morgan fingerprint density at radius 2 is 1.74 bits per heavy atom. The number of methoxy groups -OCH3 is 2. The van der Waals surface area contributed by atoms with Crippen LogP contribution in [0, 0.1) is 0 Å². The first kappa shape index (κ1) is 19.3. The van der Waals surface area contributed by atoms with Crippen molar-refractivity contribution in [2.75, 3.05) is 20.8 Å². The molecule has 6 heteroatoms. The van der Waals surface area contributed by atoms with Crippen molar-refractivity contribution < 1.29 is 24.5 Å². The van der Waals surface area contributed by atoms with Gasteiger partial charge in [0.25, 0.3) is 5.91 Å². The number of rotatable bonds is 3. The van der Waals surface area contributed by atoms with Gasteiger partial charge >= 0.3 is 0 Å². The second-order valence-corrected chi connectivity index (χ2v) is 7.89. The summed E-state index contributed by atoms with van der Waals surface area (Å²) in [5, 5.41) is 21.5. The summed E-state index contributed by atoms with van der Waals surface area (Å²) >= 11 is 0. The van der Waals surface area contributed by atoms with Crippen LogP contribution in [-0.4, -0.2) is 41.8 Å². The van der Waals surface area contributed by atoms with Crippen LogP contribution in [0.5, 0.6) is 23.0 Å². The van der Waals surface area contributed by atoms with Crippen molar-refractivity contribution in [3.05, 3.63) is 70.8 Å². The summed E-state index contributed by atoms with van der Waals surface area (Å²) in [5.41, 5.74) is 4.90. The molecule has 5 rings (SSSR count). The summed E-state index contributed by atoms with van der Waals surface area (Å²) in [6, 6.07) is 14.3. The molecule has 1 atom stereocenters. The number of hydrogen-bond acceptors (Lipinski definition) is 5. The summed E-state index contributed by atoms with van der Waals surface area (Å²) in [5.74, 6) is 0.758. The second kappa shape index (κ2) is 7.23. The average Bonchev–Trinajstić information content (AvgIpc) is 2.80. The summed E-state index contributed by atoms with van der Waals surface area (Å²) in [6.45, 7) is 0.566. The quantitative estimate of drug-likeness (QED) is 0.671. The van der Waals surface area contributed by atoms with Crippen LogP contribution in [0.2, 0.25) is 0 Å². The van der Waals surface area contributed by atoms with Crippen molar-refractivity contribution >= 4 is 5.91 Å². The maximum Gasteiger partial charge on any atom is 0.254 e. The molecule has 1 amide bonds. The molecule has 0 bridgehead atoms. The number of fused-ring (bicyclic) bond motifs is 2. The Morgan fingerprint density at radius 3 is 2.45 bits per heavy atom. The number of phenols is 2. The van der Waals surface area contributed by atoms with Crippen LogP contribution in [0.4, 0.5) is 0 Å². The number of nitrogens with zero attached hydrogens (tertiary/aromatic N) is 1. The molecule has 0 saturated carbocycles. The third-order valence-corrected chi connectivity index (χ3v) is 6.31. The number of amides is 1. The maximum absolute atomic E-state index is 13.4. The third-order valence-electron chi connectivity index (χ3n) is 6.31. The van der Waals surface area contributed by atoms with Crippen LogP contribution in [0.25, 0.3) is 11.1 Å². The molecule has 31 heavy (non-hydrogen) atoms. The molecule has 1 unspecified atom stereocenters. The van der Waals surface area contributed by atoms with Crippen molar-refractivity contribution in [3.8, 4) is 34.1 Å². The fourth-order valence-corrected chi connectivity index (χ4v) is 4.87. The Bertz CT molecular complexity index is 1190. The second-order valence-electron chi connectivity index (χ2n) is 7.89. The van der Waals surface area contributed by atoms with Gasteiger partial charge in [0.1, 0.15) is 0 Å². The first-order chi connectivity index (χ1) is 15.0. The molecule has 2 aliphatic rings. The lowest BCUT2D eigenvalue weighted by Gasteiger charge is -2.42. The van der Waals surface area contributed by atoms with Crippen molar-refractivity contribution in [3.63, 3.8) is 0 Å². The highest BCUT2D eigenvalue weighted by atomic mass is 16.5. The lowest BCUT2D eigenvalue weighted by molar-refractivity contribution is 0.0658. The molecule has 158 valence electrons. The van der Waals surface area contributed by atoms with E-state index in [1.807, 2.05) is 41.3 Å². The molecule has 3 aromatic rings. The summed E-state index contributed by atoms with van der Waals surface area (Å²) in [4.78, 5) is 15.2. The zero-order valence-corrected chi connectivity index (χ0v) is 17.4. The van der Waals surface area contributed by atoms with Gasteiger partial charge in [-0.05, 0) is 65.4 Å². The van der Waals surface area contributed by atoms with Gasteiger partial charge in [0.2, 0.25) is 0 Å². The number of carbonyl (C=O) groups excluding carboxylic acids is 1. The molecular weight excluding hydrogens is 394 g/mol. The Kier molecular flexibility index (Phi) is 4.50. The zero-order valence-electron chi connectivity index (χ0n) is 17.4. The molecule has 3 aromatic carbocycles. The first-order valence-corrected chi connectivity index (χ1v) is 10.2. The molecule has 0 radical (unpaired) electrons. The number of benzene rings is 3. The van der Waals surface area contributed by atoms with Crippen LogP contribution in [0.15, 0.2) is 48.5 Å². The molecule has 1 heterocycles. The highest BCUT2D eigenvalue weighted by Crippen LogP contribution is 2.53. The van der Waals surface area contributed by atoms with Gasteiger partial charge in [0.05, 0.1) is 20.3 Å². The van der Waals surface area contributed by atoms with E-state index < -0.39 is 0 Å². The van der Waals surface area contributed by atoms with E-state index in [4.69, 9.17) is 9.47 Å². The number of ether oxygens (including phenoxy) is 2. The van der Waals surface area contributed by atoms with Gasteiger partial charge in [0, 0.05) is 17.7 Å². The van der Waals surface area contributed by atoms with E-state index in [1.165, 1.54) is 14.2 Å². The SMILES string of the molecule is COc1cc2c(cc1O)CC1c3c(cc(OC)c(O)c3-2)CCN1C(=O)c1ccccc1. The Hall–Kier alpha value is -3.67. The minimum absolute atomic E-state index is 0.0315. The maximum atomic E-state index is 13.4. The lowest BCUT2D eigenvalue weighted by Crippen LogP contribution is -2.42. The van der Waals surface area contributed by atoms with E-state index >= 15 is 0 Å². The highest BCUT2D eigenvalue weighted by molar-refractivity contribution is 5.95. The fourth-order valence-electron chi connectivity index (χ4n) is 4.87. The van der Waals surface area contributed by atoms with Crippen LogP contribution in [0.1, 0.15) is 33.1 Å². The van der Waals surface area contributed by atoms with Crippen LogP contribution >= 0.6 is 0 Å². The van der Waals surface area contributed by atoms with E-state index in [1.54, 1.807) is 12.1 Å². The molecule has 2 N–H and O–H groups in total. The molecule has 1 aliphatic heterocycles. The molecule has 0 saturated heterocycles. The normalized spacial score (nSPS) is 16.3. The first-order valence-electron chi connectivity index (χ1n) is 10.2. The van der Waals surface area contributed by atoms with Gasteiger partial charge in [-0.15, -0.1) is 0 Å². The lowest BCUT2D eigenvalue weighted by atomic mass is 9.76. The highest BCUT2D eigenvalue weighted by Gasteiger charge is 2.39. The number of carbonyl (C=O) groups is 1. The number of phenolic OH excluding ortho intramolecular Hbond substituents is 2. The van der Waals surface area contributed by atoms with Gasteiger partial charge in [-0.1, -0.05) is 18.2 Å². The van der Waals surface area contributed by atoms with Gasteiger partial charge in [-0.25, -0.2) is 0 Å². The van der Waals surface area contributed by atoms with Crippen LogP contribution in [-0.2, 0) is 12.8 Å². The summed E-state index contributed by atoms with van der Waals surface area (Å²) < 4.78 is 10.8. The Balaban J connectivity index is 1.72. The van der Waals surface area contributed by atoms with Crippen molar-refractivity contribution in [2.45, 2.75) is 18.9 Å². The van der Waals surface area contributed by atoms with Gasteiger partial charge in [0.15, 0.2) is 23.0 Å². The standard InChI is InChI=1S/C25H23NO5/c1-30-20-13-17-16(11-19(20)27)10-18-22-15(12-21(31-2)24(28)23(17)22)8-9-26(18)25(29)14-6-4-3-5-7-14/h3-7,11-13,18,27-28H,8-10H2,1-2H3. The van der Waals surface area contributed by atoms with E-state index in [-0.39, 0.29) is 23.4 Å². The number of aromatic hydroxyl groups is 2. The predicted molar refractivity (Wildman–Crippen MR) is 116 cm³/mol. The summed E-state index contributed by atoms with van der Waals surface area (Å²) in [7, 11) is 3.02. The molecule has 6 nitrogen and oxygen atoms in total. The number of hydrogen-bond donors (Lipinski definition) is 2. The summed E-state index contributed by atoms with van der Waals surface area (Å²) in [6.07, 6.45) is 1.20. The van der Waals surface area contributed by atoms with E-state index in [9.17, 15) is 15.0 Å². The topological polar surface area (TPSA) is 79.2 Å². The molecule has 0 spiro atoms. The molecule has 0 aromatic heterocycles. The van der Waals surface area contributed by atoms with Crippen molar-refractivity contribution in [1.82, 2.24) is 4.90 Å². The Labute approximate surface area is 180 Å². The Morgan fingerprint density at radius 1 is 1.00 bits per heavy atom. The van der Waals surface area contributed by atoms with E-state index in [0.29, 0.717) is 42.0 Å². The smallest absolute Gasteiger partial charge is 0.254 e. The predicted octanol–water partition coefficient (Wildman–Crippen LogP) is 4.08. The third kappa shape index (κ3) is 2.90. The molecule has 0 fully saturated rings. The minimum atomic E-state index is -0.247. The minimum Gasteiger partial charge on any atom is -0.504 e. The monoisotopic (exact) mass is 417 g/mol.